The van der Waals surface area contributed by atoms with Crippen LogP contribution in [0.4, 0.5) is 29.3 Å². The number of hydrogen-bond acceptors (Lipinski definition) is 6. The Morgan fingerprint density at radius 3 is 2.50 bits per heavy atom. The second kappa shape index (κ2) is 9.43. The number of carbonyl (C=O) groups excluding carboxylic acids is 1. The number of hydrogen-bond donors (Lipinski definition) is 1. The lowest BCUT2D eigenvalue weighted by Crippen LogP contribution is -2.28. The number of rotatable bonds is 5. The molecule has 3 aromatic rings. The van der Waals surface area contributed by atoms with E-state index < -0.39 is 22.7 Å². The first kappa shape index (κ1) is 23.1. The third kappa shape index (κ3) is 5.46. The van der Waals surface area contributed by atoms with Gasteiger partial charge in [0, 0.05) is 23.4 Å². The molecule has 2 amide bonds. The molecule has 0 fully saturated rings. The molecule has 1 aliphatic heterocycles. The summed E-state index contributed by atoms with van der Waals surface area (Å²) in [5.74, 6) is 0.542. The number of ether oxygens (including phenoxy) is 1. The number of nitro groups is 1. The molecule has 0 saturated carbocycles. The molecule has 174 valence electrons. The van der Waals surface area contributed by atoms with Crippen molar-refractivity contribution in [3.05, 3.63) is 94.0 Å². The highest BCUT2D eigenvalue weighted by Gasteiger charge is 2.30. The minimum absolute atomic E-state index is 0.0333. The Balaban J connectivity index is 1.46. The molecule has 0 atom stereocenters. The summed E-state index contributed by atoms with van der Waals surface area (Å²) >= 11 is 1.27. The van der Waals surface area contributed by atoms with Gasteiger partial charge in [0.2, 0.25) is 0 Å². The number of nitrogens with zero attached hydrogens (tertiary/aromatic N) is 3. The van der Waals surface area contributed by atoms with Crippen LogP contribution in [0.25, 0.3) is 0 Å². The van der Waals surface area contributed by atoms with Gasteiger partial charge in [-0.05, 0) is 36.4 Å². The van der Waals surface area contributed by atoms with Crippen molar-refractivity contribution in [2.45, 2.75) is 6.18 Å². The van der Waals surface area contributed by atoms with E-state index in [2.05, 4.69) is 10.4 Å². The van der Waals surface area contributed by atoms with Crippen molar-refractivity contribution in [1.29, 1.82) is 0 Å². The quantitative estimate of drug-likeness (QED) is 0.336. The van der Waals surface area contributed by atoms with Crippen LogP contribution >= 0.6 is 11.8 Å². The number of hydrazone groups is 1. The molecular formula is C22H15F3N4O4S. The van der Waals surface area contributed by atoms with Gasteiger partial charge in [0.05, 0.1) is 16.4 Å². The van der Waals surface area contributed by atoms with Gasteiger partial charge in [-0.15, -0.1) is 0 Å². The van der Waals surface area contributed by atoms with E-state index in [1.165, 1.54) is 53.2 Å². The van der Waals surface area contributed by atoms with Crippen molar-refractivity contribution in [3.63, 3.8) is 0 Å². The summed E-state index contributed by atoms with van der Waals surface area (Å²) in [5, 5.41) is 19.4. The molecule has 1 heterocycles. The van der Waals surface area contributed by atoms with Crippen LogP contribution in [0.3, 0.4) is 0 Å². The van der Waals surface area contributed by atoms with Crippen molar-refractivity contribution in [2.75, 3.05) is 11.2 Å². The lowest BCUT2D eigenvalue weighted by molar-refractivity contribution is -0.384. The number of anilines is 1. The first-order chi connectivity index (χ1) is 16.2. The number of carbonyl (C=O) groups is 1. The van der Waals surface area contributed by atoms with Crippen LogP contribution in [0.1, 0.15) is 11.1 Å². The van der Waals surface area contributed by atoms with E-state index in [4.69, 9.17) is 4.74 Å². The topological polar surface area (TPSA) is 97.1 Å². The van der Waals surface area contributed by atoms with Crippen LogP contribution in [-0.2, 0) is 6.18 Å². The van der Waals surface area contributed by atoms with Crippen LogP contribution < -0.4 is 10.1 Å². The molecule has 0 aromatic heterocycles. The zero-order valence-electron chi connectivity index (χ0n) is 17.2. The number of non-ortho nitro benzene ring substituents is 1. The van der Waals surface area contributed by atoms with Crippen molar-refractivity contribution in [1.82, 2.24) is 5.01 Å². The maximum absolute atomic E-state index is 12.9. The van der Waals surface area contributed by atoms with Crippen molar-refractivity contribution in [2.24, 2.45) is 5.10 Å². The van der Waals surface area contributed by atoms with Crippen molar-refractivity contribution < 1.29 is 27.6 Å². The predicted octanol–water partition coefficient (Wildman–Crippen LogP) is 6.31. The lowest BCUT2D eigenvalue weighted by atomic mass is 10.2. The minimum Gasteiger partial charge on any atom is -0.457 e. The fraction of sp³-hybridized carbons (Fsp3) is 0.0909. The summed E-state index contributed by atoms with van der Waals surface area (Å²) in [4.78, 5) is 22.8. The fourth-order valence-corrected chi connectivity index (χ4v) is 3.85. The van der Waals surface area contributed by atoms with Crippen LogP contribution in [0.5, 0.6) is 11.5 Å². The number of benzene rings is 3. The molecule has 0 radical (unpaired) electrons. The molecule has 0 saturated heterocycles. The molecule has 0 bridgehead atoms. The average Bonchev–Trinajstić information content (AvgIpc) is 3.30. The second-order valence-corrected chi connectivity index (χ2v) is 7.90. The Morgan fingerprint density at radius 1 is 1.06 bits per heavy atom. The smallest absolute Gasteiger partial charge is 0.416 e. The van der Waals surface area contributed by atoms with Gasteiger partial charge in [-0.25, -0.2) is 9.80 Å². The van der Waals surface area contributed by atoms with Gasteiger partial charge in [0.15, 0.2) is 0 Å². The minimum atomic E-state index is -4.48. The molecular weight excluding hydrogens is 473 g/mol. The van der Waals surface area contributed by atoms with Crippen LogP contribution in [0, 0.1) is 10.1 Å². The van der Waals surface area contributed by atoms with Gasteiger partial charge >= 0.3 is 12.2 Å². The summed E-state index contributed by atoms with van der Waals surface area (Å²) in [7, 11) is 0. The van der Waals surface area contributed by atoms with E-state index in [0.29, 0.717) is 16.4 Å². The highest BCUT2D eigenvalue weighted by atomic mass is 32.2. The fourth-order valence-electron chi connectivity index (χ4n) is 2.98. The summed E-state index contributed by atoms with van der Waals surface area (Å²) in [6.07, 6.45) is -4.48. The van der Waals surface area contributed by atoms with Gasteiger partial charge in [-0.3, -0.25) is 10.1 Å². The number of nitrogens with one attached hydrogen (secondary N) is 1. The molecule has 4 rings (SSSR count). The summed E-state index contributed by atoms with van der Waals surface area (Å²) < 4.78 is 44.4. The average molecular weight is 488 g/mol. The summed E-state index contributed by atoms with van der Waals surface area (Å²) in [6, 6.07) is 16.1. The highest BCUT2D eigenvalue weighted by Crippen LogP contribution is 2.33. The molecule has 8 nitrogen and oxygen atoms in total. The SMILES string of the molecule is O=C(Nc1cccc([N+](=O)[O-])c1)N1CSC(c2cccc(Oc3cccc(C(F)(F)F)c3)c2)=N1. The third-order valence-corrected chi connectivity index (χ3v) is 5.52. The molecule has 1 aliphatic rings. The van der Waals surface area contributed by atoms with Crippen molar-refractivity contribution in [3.8, 4) is 11.5 Å². The number of nitro benzene ring substituents is 1. The Hall–Kier alpha value is -4.06. The molecule has 34 heavy (non-hydrogen) atoms. The number of amides is 2. The molecule has 12 heteroatoms. The number of alkyl halides is 3. The molecule has 0 spiro atoms. The maximum atomic E-state index is 12.9. The monoisotopic (exact) mass is 488 g/mol. The van der Waals surface area contributed by atoms with Crippen LogP contribution in [0.15, 0.2) is 77.9 Å². The predicted molar refractivity (Wildman–Crippen MR) is 121 cm³/mol. The zero-order chi connectivity index (χ0) is 24.3. The van der Waals surface area contributed by atoms with Gasteiger partial charge in [0.1, 0.15) is 16.5 Å². The largest absolute Gasteiger partial charge is 0.457 e. The number of thioether (sulfide) groups is 1. The van der Waals surface area contributed by atoms with Crippen LogP contribution in [0.2, 0.25) is 0 Å². The van der Waals surface area contributed by atoms with Gasteiger partial charge in [-0.1, -0.05) is 36.0 Å². The highest BCUT2D eigenvalue weighted by molar-refractivity contribution is 8.14. The zero-order valence-corrected chi connectivity index (χ0v) is 18.0. The van der Waals surface area contributed by atoms with Gasteiger partial charge < -0.3 is 10.1 Å². The van der Waals surface area contributed by atoms with E-state index in [-0.39, 0.29) is 23.0 Å². The number of halogens is 3. The van der Waals surface area contributed by atoms with E-state index in [1.807, 2.05) is 0 Å². The van der Waals surface area contributed by atoms with Gasteiger partial charge in [0.25, 0.3) is 5.69 Å². The Kier molecular flexibility index (Phi) is 6.41. The van der Waals surface area contributed by atoms with Crippen LogP contribution in [-0.4, -0.2) is 26.9 Å². The molecule has 0 aliphatic carbocycles. The molecule has 3 aromatic carbocycles. The first-order valence-electron chi connectivity index (χ1n) is 9.69. The second-order valence-electron chi connectivity index (χ2n) is 6.97. The number of urea groups is 1. The van der Waals surface area contributed by atoms with E-state index in [0.717, 1.165) is 12.1 Å². The summed E-state index contributed by atoms with van der Waals surface area (Å²) in [6.45, 7) is 0. The third-order valence-electron chi connectivity index (χ3n) is 4.56. The van der Waals surface area contributed by atoms with Crippen molar-refractivity contribution >= 4 is 34.2 Å². The Morgan fingerprint density at radius 2 is 1.76 bits per heavy atom. The van der Waals surface area contributed by atoms with E-state index in [9.17, 15) is 28.1 Å². The first-order valence-corrected chi connectivity index (χ1v) is 10.7. The molecule has 0 unspecified atom stereocenters. The maximum Gasteiger partial charge on any atom is 0.416 e. The normalized spacial score (nSPS) is 13.4. The Labute approximate surface area is 195 Å². The standard InChI is InChI=1S/C22H15F3N4O4S/c23-22(24,25)15-5-2-9-19(11-15)33-18-8-1-4-14(10-18)20-27-28(13-34-20)21(30)26-16-6-3-7-17(12-16)29(31)32/h1-12H,13H2,(H,26,30). The van der Waals surface area contributed by atoms with Gasteiger partial charge in [-0.2, -0.15) is 18.3 Å². The lowest BCUT2D eigenvalue weighted by Gasteiger charge is -2.12. The molecule has 1 N–H and O–H groups in total. The summed E-state index contributed by atoms with van der Waals surface area (Å²) in [5.41, 5.74) is -0.109. The van der Waals surface area contributed by atoms with E-state index in [1.54, 1.807) is 24.3 Å². The van der Waals surface area contributed by atoms with E-state index >= 15 is 0 Å². The Bertz CT molecular complexity index is 1280.